The summed E-state index contributed by atoms with van der Waals surface area (Å²) in [5, 5.41) is 3.48. The third kappa shape index (κ3) is 3.00. The van der Waals surface area contributed by atoms with Crippen molar-refractivity contribution in [1.82, 2.24) is 9.88 Å². The van der Waals surface area contributed by atoms with Gasteiger partial charge in [-0.25, -0.2) is 0 Å². The van der Waals surface area contributed by atoms with Crippen molar-refractivity contribution >= 4 is 0 Å². The molecule has 1 aliphatic rings. The molecule has 1 saturated heterocycles. The van der Waals surface area contributed by atoms with Crippen LogP contribution in [0.4, 0.5) is 0 Å². The van der Waals surface area contributed by atoms with E-state index in [2.05, 4.69) is 12.2 Å². The molecule has 0 aliphatic carbocycles. The van der Waals surface area contributed by atoms with Crippen molar-refractivity contribution in [1.29, 1.82) is 0 Å². The van der Waals surface area contributed by atoms with Crippen molar-refractivity contribution in [3.8, 4) is 0 Å². The average molecular weight is 250 g/mol. The lowest BCUT2D eigenvalue weighted by Crippen LogP contribution is -2.42. The molecule has 4 nitrogen and oxygen atoms in total. The number of rotatable bonds is 5. The molecular weight excluding hydrogens is 228 g/mol. The van der Waals surface area contributed by atoms with Crippen LogP contribution in [0.5, 0.6) is 0 Å². The highest BCUT2D eigenvalue weighted by molar-refractivity contribution is 5.07. The van der Waals surface area contributed by atoms with Crippen LogP contribution in [0.15, 0.2) is 23.1 Å². The largest absolute Gasteiger partial charge is 0.381 e. The molecule has 2 rings (SSSR count). The van der Waals surface area contributed by atoms with E-state index in [4.69, 9.17) is 4.74 Å². The highest BCUT2D eigenvalue weighted by atomic mass is 16.5. The molecule has 2 heterocycles. The van der Waals surface area contributed by atoms with Crippen LogP contribution < -0.4 is 10.9 Å². The van der Waals surface area contributed by atoms with Crippen molar-refractivity contribution < 1.29 is 4.74 Å². The Balaban J connectivity index is 2.12. The Bertz CT molecular complexity index is 436. The van der Waals surface area contributed by atoms with E-state index in [1.165, 1.54) is 0 Å². The zero-order valence-electron chi connectivity index (χ0n) is 11.2. The summed E-state index contributed by atoms with van der Waals surface area (Å²) in [4.78, 5) is 12.0. The molecule has 4 heteroatoms. The molecule has 0 radical (unpaired) electrons. The Kier molecular flexibility index (Phi) is 4.55. The summed E-state index contributed by atoms with van der Waals surface area (Å²) in [7, 11) is 0. The van der Waals surface area contributed by atoms with Crippen LogP contribution in [0.1, 0.15) is 18.9 Å². The fourth-order valence-corrected chi connectivity index (χ4v) is 2.53. The van der Waals surface area contributed by atoms with E-state index in [1.807, 2.05) is 25.3 Å². The molecule has 2 atom stereocenters. The van der Waals surface area contributed by atoms with Crippen molar-refractivity contribution in [2.45, 2.75) is 32.9 Å². The third-order valence-electron chi connectivity index (χ3n) is 3.60. The average Bonchev–Trinajstić information content (AvgIpc) is 2.88. The van der Waals surface area contributed by atoms with Crippen LogP contribution in [0.25, 0.3) is 0 Å². The molecule has 100 valence electrons. The quantitative estimate of drug-likeness (QED) is 0.853. The van der Waals surface area contributed by atoms with Crippen LogP contribution >= 0.6 is 0 Å². The first-order valence-corrected chi connectivity index (χ1v) is 6.69. The molecule has 0 spiro atoms. The fourth-order valence-electron chi connectivity index (χ4n) is 2.53. The topological polar surface area (TPSA) is 43.3 Å². The number of pyridine rings is 1. The van der Waals surface area contributed by atoms with Gasteiger partial charge in [0.1, 0.15) is 0 Å². The van der Waals surface area contributed by atoms with E-state index in [9.17, 15) is 4.79 Å². The summed E-state index contributed by atoms with van der Waals surface area (Å²) < 4.78 is 7.26. The Morgan fingerprint density at radius 1 is 1.61 bits per heavy atom. The van der Waals surface area contributed by atoms with Crippen molar-refractivity contribution in [2.75, 3.05) is 19.8 Å². The van der Waals surface area contributed by atoms with Crippen LogP contribution in [0.2, 0.25) is 0 Å². The maximum atomic E-state index is 12.0. The minimum atomic E-state index is 0.110. The van der Waals surface area contributed by atoms with Gasteiger partial charge in [-0.15, -0.1) is 0 Å². The first-order chi connectivity index (χ1) is 8.72. The highest BCUT2D eigenvalue weighted by Crippen LogP contribution is 2.17. The molecule has 0 aromatic carbocycles. The molecule has 1 aromatic heterocycles. The van der Waals surface area contributed by atoms with Gasteiger partial charge >= 0.3 is 0 Å². The van der Waals surface area contributed by atoms with Crippen molar-refractivity contribution in [3.05, 3.63) is 34.2 Å². The number of aromatic nitrogens is 1. The maximum absolute atomic E-state index is 12.0. The SMILES string of the molecule is CCNC(Cn1cccc(C)c1=O)C1CCOC1. The second kappa shape index (κ2) is 6.16. The molecule has 0 amide bonds. The third-order valence-corrected chi connectivity index (χ3v) is 3.60. The maximum Gasteiger partial charge on any atom is 0.253 e. The number of hydrogen-bond acceptors (Lipinski definition) is 3. The second-order valence-corrected chi connectivity index (χ2v) is 4.94. The molecule has 18 heavy (non-hydrogen) atoms. The lowest BCUT2D eigenvalue weighted by molar-refractivity contribution is 0.173. The van der Waals surface area contributed by atoms with Crippen molar-refractivity contribution in [2.24, 2.45) is 5.92 Å². The van der Waals surface area contributed by atoms with E-state index in [-0.39, 0.29) is 5.56 Å². The molecule has 1 N–H and O–H groups in total. The lowest BCUT2D eigenvalue weighted by Gasteiger charge is -2.24. The zero-order chi connectivity index (χ0) is 13.0. The van der Waals surface area contributed by atoms with Gasteiger partial charge in [0.2, 0.25) is 0 Å². The van der Waals surface area contributed by atoms with Crippen LogP contribution in [0.3, 0.4) is 0 Å². The van der Waals surface area contributed by atoms with E-state index in [0.29, 0.717) is 12.0 Å². The normalized spacial score (nSPS) is 21.1. The van der Waals surface area contributed by atoms with Gasteiger partial charge in [-0.1, -0.05) is 13.0 Å². The van der Waals surface area contributed by atoms with Crippen LogP contribution in [-0.2, 0) is 11.3 Å². The van der Waals surface area contributed by atoms with E-state index in [0.717, 1.165) is 38.3 Å². The highest BCUT2D eigenvalue weighted by Gasteiger charge is 2.25. The summed E-state index contributed by atoms with van der Waals surface area (Å²) in [6, 6.07) is 4.11. The Labute approximate surface area is 108 Å². The summed E-state index contributed by atoms with van der Waals surface area (Å²) in [6.07, 6.45) is 2.95. The number of nitrogens with one attached hydrogen (secondary N) is 1. The number of aryl methyl sites for hydroxylation is 1. The van der Waals surface area contributed by atoms with Gasteiger partial charge in [-0.05, 0) is 26.0 Å². The summed E-state index contributed by atoms with van der Waals surface area (Å²) >= 11 is 0. The van der Waals surface area contributed by atoms with Gasteiger partial charge in [0, 0.05) is 36.9 Å². The monoisotopic (exact) mass is 250 g/mol. The van der Waals surface area contributed by atoms with Gasteiger partial charge in [0.05, 0.1) is 6.61 Å². The number of likely N-dealkylation sites (N-methyl/N-ethyl adjacent to an activating group) is 1. The van der Waals surface area contributed by atoms with E-state index < -0.39 is 0 Å². The standard InChI is InChI=1S/C14H22N2O2/c1-3-15-13(12-6-8-18-10-12)9-16-7-4-5-11(2)14(16)17/h4-5,7,12-13,15H,3,6,8-10H2,1-2H3. The minimum absolute atomic E-state index is 0.110. The molecule has 1 aliphatic heterocycles. The second-order valence-electron chi connectivity index (χ2n) is 4.94. The zero-order valence-corrected chi connectivity index (χ0v) is 11.2. The van der Waals surface area contributed by atoms with Gasteiger partial charge in [-0.3, -0.25) is 4.79 Å². The Morgan fingerprint density at radius 3 is 3.11 bits per heavy atom. The smallest absolute Gasteiger partial charge is 0.253 e. The fraction of sp³-hybridized carbons (Fsp3) is 0.643. The molecule has 0 bridgehead atoms. The Hall–Kier alpha value is -1.13. The number of hydrogen-bond donors (Lipinski definition) is 1. The predicted octanol–water partition coefficient (Wildman–Crippen LogP) is 1.17. The number of ether oxygens (including phenoxy) is 1. The summed E-state index contributed by atoms with van der Waals surface area (Å²) in [5.74, 6) is 0.511. The van der Waals surface area contributed by atoms with Gasteiger partial charge < -0.3 is 14.6 Å². The number of nitrogens with zero attached hydrogens (tertiary/aromatic N) is 1. The van der Waals surface area contributed by atoms with Crippen LogP contribution in [0, 0.1) is 12.8 Å². The summed E-state index contributed by atoms with van der Waals surface area (Å²) in [6.45, 7) is 7.25. The first-order valence-electron chi connectivity index (χ1n) is 6.69. The first kappa shape index (κ1) is 13.3. The molecular formula is C14H22N2O2. The van der Waals surface area contributed by atoms with Crippen LogP contribution in [-0.4, -0.2) is 30.4 Å². The van der Waals surface area contributed by atoms with Crippen molar-refractivity contribution in [3.63, 3.8) is 0 Å². The van der Waals surface area contributed by atoms with Gasteiger partial charge in [0.15, 0.2) is 0 Å². The minimum Gasteiger partial charge on any atom is -0.381 e. The van der Waals surface area contributed by atoms with E-state index in [1.54, 1.807) is 4.57 Å². The summed E-state index contributed by atoms with van der Waals surface area (Å²) in [5.41, 5.74) is 0.912. The predicted molar refractivity (Wildman–Crippen MR) is 71.8 cm³/mol. The lowest BCUT2D eigenvalue weighted by atomic mass is 9.98. The molecule has 2 unspecified atom stereocenters. The Morgan fingerprint density at radius 2 is 2.44 bits per heavy atom. The molecule has 1 fully saturated rings. The van der Waals surface area contributed by atoms with E-state index >= 15 is 0 Å². The van der Waals surface area contributed by atoms with Gasteiger partial charge in [0.25, 0.3) is 5.56 Å². The van der Waals surface area contributed by atoms with Gasteiger partial charge in [-0.2, -0.15) is 0 Å². The molecule has 1 aromatic rings. The molecule has 0 saturated carbocycles.